The van der Waals surface area contributed by atoms with Gasteiger partial charge in [-0.2, -0.15) is 4.72 Å². The highest BCUT2D eigenvalue weighted by Crippen LogP contribution is 2.22. The molecule has 0 spiro atoms. The van der Waals surface area contributed by atoms with Crippen LogP contribution in [0.1, 0.15) is 52.9 Å². The number of aliphatic hydroxyl groups excluding tert-OH is 1. The smallest absolute Gasteiger partial charge is 0.355 e. The average molecular weight is 531 g/mol. The molecule has 0 aliphatic rings. The molecule has 192 valence electrons. The van der Waals surface area contributed by atoms with Crippen molar-refractivity contribution < 1.29 is 42.1 Å². The second-order valence-corrected chi connectivity index (χ2v) is 9.47. The summed E-state index contributed by atoms with van der Waals surface area (Å²) in [6, 6.07) is 3.52. The number of sulfonamides is 1. The van der Waals surface area contributed by atoms with Gasteiger partial charge >= 0.3 is 17.9 Å². The number of ether oxygens (including phenoxy) is 3. The standard InChI is InChI=1S/C22H27ClN2O9S/c1-5-32-20(27)17-12(3)18(21(28)33-6-2)24-16(17)11-34-22(29)19(13(4)26)25-35(30,31)15-9-7-14(23)8-10-15/h7-10,13,19,24-26H,5-6,11H2,1-4H3/t13-,19+/m0/s1. The summed E-state index contributed by atoms with van der Waals surface area (Å²) in [7, 11) is -4.21. The number of rotatable bonds is 11. The Morgan fingerprint density at radius 2 is 1.63 bits per heavy atom. The fourth-order valence-corrected chi connectivity index (χ4v) is 4.46. The van der Waals surface area contributed by atoms with Crippen LogP contribution in [-0.2, 0) is 35.6 Å². The van der Waals surface area contributed by atoms with E-state index < -0.39 is 46.7 Å². The highest BCUT2D eigenvalue weighted by atomic mass is 35.5. The molecule has 0 fully saturated rings. The third kappa shape index (κ3) is 7.04. The van der Waals surface area contributed by atoms with Crippen LogP contribution in [0.4, 0.5) is 0 Å². The molecule has 3 N–H and O–H groups in total. The first kappa shape index (κ1) is 28.3. The molecule has 0 aliphatic carbocycles. The monoisotopic (exact) mass is 530 g/mol. The maximum Gasteiger partial charge on any atom is 0.355 e. The summed E-state index contributed by atoms with van der Waals surface area (Å²) >= 11 is 5.78. The van der Waals surface area contributed by atoms with Gasteiger partial charge in [-0.05, 0) is 57.5 Å². The van der Waals surface area contributed by atoms with Gasteiger partial charge in [-0.1, -0.05) is 11.6 Å². The van der Waals surface area contributed by atoms with Crippen LogP contribution < -0.4 is 4.72 Å². The maximum atomic E-state index is 12.7. The molecule has 0 saturated carbocycles. The number of aromatic amines is 1. The molecule has 13 heteroatoms. The second-order valence-electron chi connectivity index (χ2n) is 7.32. The second kappa shape index (κ2) is 12.2. The molecule has 1 aromatic carbocycles. The molecule has 0 aliphatic heterocycles. The Hall–Kier alpha value is -2.93. The Kier molecular flexibility index (Phi) is 9.83. The van der Waals surface area contributed by atoms with Crippen molar-refractivity contribution in [3.05, 3.63) is 51.8 Å². The lowest BCUT2D eigenvalue weighted by atomic mass is 10.1. The third-order valence-electron chi connectivity index (χ3n) is 4.79. The fraction of sp³-hybridized carbons (Fsp3) is 0.409. The molecule has 1 aromatic heterocycles. The molecule has 1 heterocycles. The highest BCUT2D eigenvalue weighted by molar-refractivity contribution is 7.89. The normalized spacial score (nSPS) is 13.1. The quantitative estimate of drug-likeness (QED) is 0.292. The number of esters is 3. The van der Waals surface area contributed by atoms with Gasteiger partial charge in [0.2, 0.25) is 10.0 Å². The average Bonchev–Trinajstić information content (AvgIpc) is 3.12. The van der Waals surface area contributed by atoms with E-state index in [1.54, 1.807) is 13.8 Å². The zero-order valence-electron chi connectivity index (χ0n) is 19.6. The number of halogens is 1. The molecule has 2 aromatic rings. The van der Waals surface area contributed by atoms with E-state index in [1.165, 1.54) is 38.1 Å². The summed E-state index contributed by atoms with van der Waals surface area (Å²) in [4.78, 5) is 39.9. The predicted molar refractivity (Wildman–Crippen MR) is 124 cm³/mol. The largest absolute Gasteiger partial charge is 0.462 e. The van der Waals surface area contributed by atoms with Crippen LogP contribution in [0.25, 0.3) is 0 Å². The van der Waals surface area contributed by atoms with E-state index in [2.05, 4.69) is 9.71 Å². The minimum atomic E-state index is -4.21. The molecule has 0 radical (unpaired) electrons. The first-order valence-corrected chi connectivity index (χ1v) is 12.5. The van der Waals surface area contributed by atoms with Crippen LogP contribution in [0, 0.1) is 6.92 Å². The molecule has 35 heavy (non-hydrogen) atoms. The van der Waals surface area contributed by atoms with Gasteiger partial charge in [0.15, 0.2) is 0 Å². The van der Waals surface area contributed by atoms with Crippen molar-refractivity contribution in [3.8, 4) is 0 Å². The Balaban J connectivity index is 2.27. The summed E-state index contributed by atoms with van der Waals surface area (Å²) in [6.45, 7) is 5.54. The molecular weight excluding hydrogens is 504 g/mol. The van der Waals surface area contributed by atoms with Crippen LogP contribution in [0.5, 0.6) is 0 Å². The molecular formula is C22H27ClN2O9S. The van der Waals surface area contributed by atoms with Gasteiger partial charge in [-0.25, -0.2) is 18.0 Å². The summed E-state index contributed by atoms with van der Waals surface area (Å²) in [5, 5.41) is 10.4. The van der Waals surface area contributed by atoms with Crippen LogP contribution in [-0.4, -0.2) is 61.8 Å². The van der Waals surface area contributed by atoms with Crippen LogP contribution in [0.3, 0.4) is 0 Å². The minimum Gasteiger partial charge on any atom is -0.462 e. The zero-order chi connectivity index (χ0) is 26.3. The predicted octanol–water partition coefficient (Wildman–Crippen LogP) is 2.10. The van der Waals surface area contributed by atoms with Crippen LogP contribution in [0.2, 0.25) is 5.02 Å². The molecule has 11 nitrogen and oxygen atoms in total. The van der Waals surface area contributed by atoms with Gasteiger partial charge in [-0.15, -0.1) is 0 Å². The lowest BCUT2D eigenvalue weighted by molar-refractivity contribution is -0.149. The molecule has 0 amide bonds. The van der Waals surface area contributed by atoms with E-state index in [0.717, 1.165) is 0 Å². The highest BCUT2D eigenvalue weighted by Gasteiger charge is 2.32. The first-order valence-electron chi connectivity index (χ1n) is 10.6. The van der Waals surface area contributed by atoms with E-state index in [0.29, 0.717) is 5.02 Å². The number of hydrogen-bond acceptors (Lipinski definition) is 9. The number of carbonyl (C=O) groups is 3. The van der Waals surface area contributed by atoms with Crippen molar-refractivity contribution in [2.45, 2.75) is 51.3 Å². The van der Waals surface area contributed by atoms with Crippen molar-refractivity contribution >= 4 is 39.5 Å². The van der Waals surface area contributed by atoms with Crippen molar-refractivity contribution in [2.75, 3.05) is 13.2 Å². The number of aromatic nitrogens is 1. The Morgan fingerprint density at radius 1 is 1.06 bits per heavy atom. The van der Waals surface area contributed by atoms with Crippen LogP contribution >= 0.6 is 11.6 Å². The van der Waals surface area contributed by atoms with E-state index in [-0.39, 0.29) is 40.6 Å². The van der Waals surface area contributed by atoms with Crippen LogP contribution in [0.15, 0.2) is 29.2 Å². The third-order valence-corrected chi connectivity index (χ3v) is 6.50. The summed E-state index contributed by atoms with van der Waals surface area (Å²) in [5.41, 5.74) is 0.250. The number of aliphatic hydroxyl groups is 1. The van der Waals surface area contributed by atoms with Gasteiger partial charge in [0.05, 0.1) is 35.5 Å². The number of hydrogen-bond donors (Lipinski definition) is 3. The molecule has 2 atom stereocenters. The Bertz CT molecular complexity index is 1170. The summed E-state index contributed by atoms with van der Waals surface area (Å²) in [5.74, 6) is -2.58. The first-order chi connectivity index (χ1) is 16.4. The number of benzene rings is 1. The maximum absolute atomic E-state index is 12.7. The number of H-pyrrole nitrogens is 1. The van der Waals surface area contributed by atoms with Gasteiger partial charge in [0.25, 0.3) is 0 Å². The number of nitrogens with one attached hydrogen (secondary N) is 2. The topological polar surface area (TPSA) is 161 Å². The van der Waals surface area contributed by atoms with Crippen molar-refractivity contribution in [1.29, 1.82) is 0 Å². The zero-order valence-corrected chi connectivity index (χ0v) is 21.2. The van der Waals surface area contributed by atoms with Gasteiger partial charge in [0.1, 0.15) is 18.3 Å². The van der Waals surface area contributed by atoms with Gasteiger partial charge in [0, 0.05) is 5.02 Å². The summed E-state index contributed by atoms with van der Waals surface area (Å²) < 4.78 is 42.6. The van der Waals surface area contributed by atoms with E-state index in [4.69, 9.17) is 25.8 Å². The molecule has 0 bridgehead atoms. The van der Waals surface area contributed by atoms with Crippen molar-refractivity contribution in [2.24, 2.45) is 0 Å². The van der Waals surface area contributed by atoms with Crippen molar-refractivity contribution in [3.63, 3.8) is 0 Å². The fourth-order valence-electron chi connectivity index (χ4n) is 3.08. The van der Waals surface area contributed by atoms with E-state index in [1.807, 2.05) is 0 Å². The summed E-state index contributed by atoms with van der Waals surface area (Å²) in [6.07, 6.45) is -1.46. The molecule has 0 saturated heterocycles. The van der Waals surface area contributed by atoms with Gasteiger partial charge in [-0.3, -0.25) is 4.79 Å². The SMILES string of the molecule is CCOC(=O)c1[nH]c(COC(=O)[C@H](NS(=O)(=O)c2ccc(Cl)cc2)[C@H](C)O)c(C(=O)OCC)c1C. The van der Waals surface area contributed by atoms with Gasteiger partial charge < -0.3 is 24.3 Å². The van der Waals surface area contributed by atoms with E-state index in [9.17, 15) is 27.9 Å². The molecule has 0 unspecified atom stereocenters. The minimum absolute atomic E-state index is 0.0157. The Labute approximate surface area is 207 Å². The lowest BCUT2D eigenvalue weighted by Crippen LogP contribution is -2.48. The Morgan fingerprint density at radius 3 is 2.17 bits per heavy atom. The lowest BCUT2D eigenvalue weighted by Gasteiger charge is -2.20. The number of carbonyl (C=O) groups excluding carboxylic acids is 3. The van der Waals surface area contributed by atoms with E-state index >= 15 is 0 Å². The van der Waals surface area contributed by atoms with Crippen molar-refractivity contribution in [1.82, 2.24) is 9.71 Å². The molecule has 2 rings (SSSR count).